The predicted octanol–water partition coefficient (Wildman–Crippen LogP) is 0.642. The van der Waals surface area contributed by atoms with E-state index >= 15 is 0 Å². The Kier molecular flexibility index (Phi) is 9.07. The van der Waals surface area contributed by atoms with Crippen molar-refractivity contribution < 1.29 is 14.3 Å². The molecule has 0 spiro atoms. The Labute approximate surface area is 136 Å². The number of hydrogen-bond donors (Lipinski definition) is 3. The molecule has 7 heteroatoms. The van der Waals surface area contributed by atoms with E-state index < -0.39 is 0 Å². The number of carbonyl (C=O) groups is 2. The van der Waals surface area contributed by atoms with Crippen LogP contribution < -0.4 is 16.5 Å². The molecule has 0 atom stereocenters. The highest BCUT2D eigenvalue weighted by atomic mass is 16.5. The van der Waals surface area contributed by atoms with Gasteiger partial charge in [0.05, 0.1) is 6.21 Å². The molecule has 0 bridgehead atoms. The Balaban J connectivity index is 2.09. The molecule has 0 aromatic heterocycles. The summed E-state index contributed by atoms with van der Waals surface area (Å²) in [5, 5.41) is 8.96. The lowest BCUT2D eigenvalue weighted by Crippen LogP contribution is -2.25. The molecule has 0 radical (unpaired) electrons. The molecule has 0 aliphatic heterocycles. The van der Waals surface area contributed by atoms with Gasteiger partial charge in [-0.1, -0.05) is 12.1 Å². The van der Waals surface area contributed by atoms with E-state index in [1.54, 1.807) is 24.3 Å². The van der Waals surface area contributed by atoms with Gasteiger partial charge in [0.15, 0.2) is 0 Å². The van der Waals surface area contributed by atoms with Gasteiger partial charge >= 0.3 is 0 Å². The fourth-order valence-corrected chi connectivity index (χ4v) is 1.83. The third-order valence-electron chi connectivity index (χ3n) is 2.99. The van der Waals surface area contributed by atoms with Gasteiger partial charge < -0.3 is 21.2 Å². The topological polar surface area (TPSA) is 106 Å². The van der Waals surface area contributed by atoms with Gasteiger partial charge in [-0.05, 0) is 30.5 Å². The highest BCUT2D eigenvalue weighted by Gasteiger charge is 2.04. The molecular weight excluding hydrogens is 296 g/mol. The standard InChI is InChI=1S/C16H24N4O3/c1-13(21)18-8-2-10-23-11-3-9-19-16(22)15-6-4-14(5-7-15)12-20-17/h4-7,12H,2-3,8-11,17H2,1H3,(H,18,21)(H,19,22)/b20-12+. The van der Waals surface area contributed by atoms with Crippen LogP contribution in [0.25, 0.3) is 0 Å². The molecule has 0 saturated heterocycles. The van der Waals surface area contributed by atoms with Crippen LogP contribution >= 0.6 is 0 Å². The molecule has 0 heterocycles. The van der Waals surface area contributed by atoms with Gasteiger partial charge in [0.2, 0.25) is 5.91 Å². The molecule has 4 N–H and O–H groups in total. The highest BCUT2D eigenvalue weighted by Crippen LogP contribution is 2.02. The lowest BCUT2D eigenvalue weighted by atomic mass is 10.1. The highest BCUT2D eigenvalue weighted by molar-refractivity contribution is 5.95. The van der Waals surface area contributed by atoms with Crippen LogP contribution in [0.3, 0.4) is 0 Å². The van der Waals surface area contributed by atoms with E-state index in [1.807, 2.05) is 0 Å². The summed E-state index contributed by atoms with van der Waals surface area (Å²) >= 11 is 0. The minimum Gasteiger partial charge on any atom is -0.381 e. The Bertz CT molecular complexity index is 515. The van der Waals surface area contributed by atoms with Crippen molar-refractivity contribution in [2.75, 3.05) is 26.3 Å². The number of benzene rings is 1. The zero-order valence-electron chi connectivity index (χ0n) is 13.4. The van der Waals surface area contributed by atoms with E-state index in [4.69, 9.17) is 10.6 Å². The molecule has 2 amide bonds. The maximum absolute atomic E-state index is 11.9. The molecular formula is C16H24N4O3. The van der Waals surface area contributed by atoms with Crippen LogP contribution in [0.15, 0.2) is 29.4 Å². The average molecular weight is 320 g/mol. The summed E-state index contributed by atoms with van der Waals surface area (Å²) in [6.07, 6.45) is 3.04. The van der Waals surface area contributed by atoms with Gasteiger partial charge in [0.1, 0.15) is 0 Å². The molecule has 0 aliphatic carbocycles. The molecule has 1 rings (SSSR count). The van der Waals surface area contributed by atoms with E-state index in [1.165, 1.54) is 13.1 Å². The summed E-state index contributed by atoms with van der Waals surface area (Å²) in [6.45, 7) is 3.83. The summed E-state index contributed by atoms with van der Waals surface area (Å²) in [5.41, 5.74) is 1.44. The van der Waals surface area contributed by atoms with E-state index in [9.17, 15) is 9.59 Å². The molecule has 126 valence electrons. The van der Waals surface area contributed by atoms with Crippen molar-refractivity contribution in [3.63, 3.8) is 0 Å². The van der Waals surface area contributed by atoms with Crippen LogP contribution in [0, 0.1) is 0 Å². The van der Waals surface area contributed by atoms with Crippen LogP contribution in [-0.2, 0) is 9.53 Å². The van der Waals surface area contributed by atoms with Crippen molar-refractivity contribution in [2.24, 2.45) is 10.9 Å². The van der Waals surface area contributed by atoms with Crippen LogP contribution in [0.5, 0.6) is 0 Å². The molecule has 1 aromatic rings. The summed E-state index contributed by atoms with van der Waals surface area (Å²) in [7, 11) is 0. The van der Waals surface area contributed by atoms with Crippen molar-refractivity contribution >= 4 is 18.0 Å². The summed E-state index contributed by atoms with van der Waals surface area (Å²) in [5.74, 6) is 4.91. The Morgan fingerprint density at radius 2 is 1.74 bits per heavy atom. The fraction of sp³-hybridized carbons (Fsp3) is 0.438. The fourth-order valence-electron chi connectivity index (χ4n) is 1.83. The predicted molar refractivity (Wildman–Crippen MR) is 89.3 cm³/mol. The minimum atomic E-state index is -0.119. The van der Waals surface area contributed by atoms with Crippen molar-refractivity contribution in [1.29, 1.82) is 0 Å². The maximum atomic E-state index is 11.9. The lowest BCUT2D eigenvalue weighted by Gasteiger charge is -2.07. The van der Waals surface area contributed by atoms with Gasteiger partial charge in [-0.3, -0.25) is 9.59 Å². The van der Waals surface area contributed by atoms with E-state index in [2.05, 4.69) is 15.7 Å². The van der Waals surface area contributed by atoms with E-state index in [0.717, 1.165) is 18.4 Å². The summed E-state index contributed by atoms with van der Waals surface area (Å²) in [4.78, 5) is 22.5. The Morgan fingerprint density at radius 3 is 2.30 bits per heavy atom. The number of nitrogens with zero attached hydrogens (tertiary/aromatic N) is 1. The van der Waals surface area contributed by atoms with Gasteiger partial charge in [-0.25, -0.2) is 0 Å². The van der Waals surface area contributed by atoms with Gasteiger partial charge in [-0.15, -0.1) is 0 Å². The molecule has 0 fully saturated rings. The normalized spacial score (nSPS) is 10.7. The van der Waals surface area contributed by atoms with Crippen molar-refractivity contribution in [2.45, 2.75) is 19.8 Å². The molecule has 0 saturated carbocycles. The Morgan fingerprint density at radius 1 is 1.13 bits per heavy atom. The quantitative estimate of drug-likeness (QED) is 0.254. The number of nitrogens with one attached hydrogen (secondary N) is 2. The number of nitrogens with two attached hydrogens (primary N) is 1. The van der Waals surface area contributed by atoms with Crippen LogP contribution in [0.4, 0.5) is 0 Å². The largest absolute Gasteiger partial charge is 0.381 e. The second kappa shape index (κ2) is 11.2. The zero-order chi connectivity index (χ0) is 16.9. The minimum absolute atomic E-state index is 0.0314. The number of ether oxygens (including phenoxy) is 1. The number of carbonyl (C=O) groups excluding carboxylic acids is 2. The van der Waals surface area contributed by atoms with Gasteiger partial charge in [0.25, 0.3) is 5.91 Å². The molecule has 7 nitrogen and oxygen atoms in total. The van der Waals surface area contributed by atoms with Crippen LogP contribution in [-0.4, -0.2) is 44.3 Å². The smallest absolute Gasteiger partial charge is 0.251 e. The zero-order valence-corrected chi connectivity index (χ0v) is 13.4. The molecule has 0 unspecified atom stereocenters. The van der Waals surface area contributed by atoms with Crippen molar-refractivity contribution in [3.8, 4) is 0 Å². The molecule has 0 aliphatic rings. The number of rotatable bonds is 10. The number of hydrogen-bond acceptors (Lipinski definition) is 5. The molecule has 23 heavy (non-hydrogen) atoms. The van der Waals surface area contributed by atoms with Gasteiger partial charge in [-0.2, -0.15) is 5.10 Å². The first-order chi connectivity index (χ1) is 11.1. The third kappa shape index (κ3) is 8.57. The third-order valence-corrected chi connectivity index (χ3v) is 2.99. The average Bonchev–Trinajstić information content (AvgIpc) is 2.54. The lowest BCUT2D eigenvalue weighted by molar-refractivity contribution is -0.119. The second-order valence-electron chi connectivity index (χ2n) is 4.96. The van der Waals surface area contributed by atoms with Crippen molar-refractivity contribution in [1.82, 2.24) is 10.6 Å². The number of amides is 2. The van der Waals surface area contributed by atoms with E-state index in [0.29, 0.717) is 31.9 Å². The summed E-state index contributed by atoms with van der Waals surface area (Å²) in [6, 6.07) is 7.02. The van der Waals surface area contributed by atoms with Crippen molar-refractivity contribution in [3.05, 3.63) is 35.4 Å². The first kappa shape index (κ1) is 18.6. The first-order valence-corrected chi connectivity index (χ1v) is 7.57. The Hall–Kier alpha value is -2.41. The maximum Gasteiger partial charge on any atom is 0.251 e. The first-order valence-electron chi connectivity index (χ1n) is 7.57. The van der Waals surface area contributed by atoms with Crippen LogP contribution in [0.2, 0.25) is 0 Å². The van der Waals surface area contributed by atoms with Gasteiger partial charge in [0, 0.05) is 38.8 Å². The number of hydrazone groups is 1. The SMILES string of the molecule is CC(=O)NCCCOCCCNC(=O)c1ccc(/C=N/N)cc1. The van der Waals surface area contributed by atoms with E-state index in [-0.39, 0.29) is 11.8 Å². The second-order valence-corrected chi connectivity index (χ2v) is 4.96. The summed E-state index contributed by atoms with van der Waals surface area (Å²) < 4.78 is 5.42. The van der Waals surface area contributed by atoms with Crippen LogP contribution in [0.1, 0.15) is 35.7 Å². The monoisotopic (exact) mass is 320 g/mol. The molecule has 1 aromatic carbocycles.